The van der Waals surface area contributed by atoms with E-state index < -0.39 is 23.6 Å². The molecule has 1 N–H and O–H groups in total. The van der Waals surface area contributed by atoms with Crippen LogP contribution in [0.4, 0.5) is 14.5 Å². The molecule has 0 spiro atoms. The molecule has 30 heavy (non-hydrogen) atoms. The molecular formula is C21H22ClF2N3O3. The highest BCUT2D eigenvalue weighted by atomic mass is 35.5. The molecule has 0 aliphatic carbocycles. The smallest absolute Gasteiger partial charge is 0.261 e. The molecular weight excluding hydrogens is 416 g/mol. The number of amides is 2. The summed E-state index contributed by atoms with van der Waals surface area (Å²) in [5, 5.41) is 3.20. The van der Waals surface area contributed by atoms with Crippen molar-refractivity contribution in [2.45, 2.75) is 13.0 Å². The lowest BCUT2D eigenvalue weighted by atomic mass is 10.2. The zero-order valence-corrected chi connectivity index (χ0v) is 17.2. The van der Waals surface area contributed by atoms with Crippen molar-refractivity contribution in [1.82, 2.24) is 10.2 Å². The third kappa shape index (κ3) is 5.60. The van der Waals surface area contributed by atoms with Crippen LogP contribution in [0, 0.1) is 11.6 Å². The van der Waals surface area contributed by atoms with Gasteiger partial charge >= 0.3 is 0 Å². The minimum absolute atomic E-state index is 0.0289. The van der Waals surface area contributed by atoms with Gasteiger partial charge in [-0.05, 0) is 43.3 Å². The Morgan fingerprint density at radius 1 is 1.07 bits per heavy atom. The van der Waals surface area contributed by atoms with Crippen LogP contribution in [0.25, 0.3) is 0 Å². The summed E-state index contributed by atoms with van der Waals surface area (Å²) in [6.07, 6.45) is -0.968. The molecule has 1 fully saturated rings. The maximum absolute atomic E-state index is 13.2. The Balaban J connectivity index is 1.43. The lowest BCUT2D eigenvalue weighted by Crippen LogP contribution is -2.52. The number of halogens is 3. The number of piperazine rings is 1. The van der Waals surface area contributed by atoms with Gasteiger partial charge in [0.15, 0.2) is 17.7 Å². The molecule has 0 radical (unpaired) electrons. The number of hydrogen-bond donors (Lipinski definition) is 1. The normalized spacial score (nSPS) is 14.9. The second-order valence-corrected chi connectivity index (χ2v) is 7.33. The molecule has 1 aliphatic rings. The van der Waals surface area contributed by atoms with Gasteiger partial charge in [0, 0.05) is 43.0 Å². The van der Waals surface area contributed by atoms with Gasteiger partial charge in [-0.25, -0.2) is 8.78 Å². The second-order valence-electron chi connectivity index (χ2n) is 6.90. The van der Waals surface area contributed by atoms with E-state index >= 15 is 0 Å². The van der Waals surface area contributed by atoms with E-state index in [2.05, 4.69) is 10.2 Å². The van der Waals surface area contributed by atoms with Crippen LogP contribution >= 0.6 is 11.6 Å². The number of rotatable bonds is 6. The average molecular weight is 438 g/mol. The summed E-state index contributed by atoms with van der Waals surface area (Å²) in [5.74, 6) is -2.75. The van der Waals surface area contributed by atoms with E-state index in [-0.39, 0.29) is 18.2 Å². The van der Waals surface area contributed by atoms with Crippen molar-refractivity contribution in [3.8, 4) is 5.75 Å². The summed E-state index contributed by atoms with van der Waals surface area (Å²) >= 11 is 5.91. The molecule has 0 aromatic heterocycles. The molecule has 3 rings (SSSR count). The number of hydrogen-bond acceptors (Lipinski definition) is 4. The quantitative estimate of drug-likeness (QED) is 0.755. The monoisotopic (exact) mass is 437 g/mol. The largest absolute Gasteiger partial charge is 0.481 e. The van der Waals surface area contributed by atoms with Crippen LogP contribution in [-0.4, -0.2) is 55.5 Å². The Kier molecular flexibility index (Phi) is 7.10. The lowest BCUT2D eigenvalue weighted by Gasteiger charge is -2.36. The number of carbonyl (C=O) groups excluding carboxylic acids is 2. The Morgan fingerprint density at radius 2 is 1.73 bits per heavy atom. The molecule has 160 valence electrons. The van der Waals surface area contributed by atoms with Crippen LogP contribution < -0.4 is 15.0 Å². The van der Waals surface area contributed by atoms with Gasteiger partial charge in [-0.3, -0.25) is 9.59 Å². The van der Waals surface area contributed by atoms with Crippen molar-refractivity contribution >= 4 is 29.1 Å². The van der Waals surface area contributed by atoms with Gasteiger partial charge in [0.25, 0.3) is 5.91 Å². The van der Waals surface area contributed by atoms with Crippen molar-refractivity contribution in [2.24, 2.45) is 0 Å². The van der Waals surface area contributed by atoms with E-state index in [0.29, 0.717) is 31.2 Å². The number of benzene rings is 2. The molecule has 1 aliphatic heterocycles. The first-order valence-electron chi connectivity index (χ1n) is 9.51. The van der Waals surface area contributed by atoms with E-state index in [1.54, 1.807) is 4.90 Å². The third-order valence-corrected chi connectivity index (χ3v) is 5.06. The van der Waals surface area contributed by atoms with Gasteiger partial charge in [0.2, 0.25) is 5.91 Å². The number of nitrogens with one attached hydrogen (secondary N) is 1. The lowest BCUT2D eigenvalue weighted by molar-refractivity contribution is -0.134. The fourth-order valence-electron chi connectivity index (χ4n) is 3.09. The Labute approximate surface area is 178 Å². The van der Waals surface area contributed by atoms with E-state index in [1.165, 1.54) is 13.0 Å². The van der Waals surface area contributed by atoms with Gasteiger partial charge in [0.1, 0.15) is 5.75 Å². The average Bonchev–Trinajstić information content (AvgIpc) is 2.75. The van der Waals surface area contributed by atoms with Crippen LogP contribution in [0.5, 0.6) is 5.75 Å². The number of ether oxygens (including phenoxy) is 1. The standard InChI is InChI=1S/C21H22ClF2N3O3/c1-14(30-17-6-7-18(23)19(24)12-17)21(29)25-13-20(28)27-10-8-26(9-11-27)16-4-2-15(22)3-5-16/h2-7,12,14H,8-11,13H2,1H3,(H,25,29). The molecule has 2 aromatic rings. The Hall–Kier alpha value is -2.87. The predicted octanol–water partition coefficient (Wildman–Crippen LogP) is 2.85. The topological polar surface area (TPSA) is 61.9 Å². The molecule has 2 amide bonds. The summed E-state index contributed by atoms with van der Waals surface area (Å²) in [4.78, 5) is 28.4. The predicted molar refractivity (Wildman–Crippen MR) is 110 cm³/mol. The minimum Gasteiger partial charge on any atom is -0.481 e. The first kappa shape index (κ1) is 21.8. The van der Waals surface area contributed by atoms with Gasteiger partial charge < -0.3 is 19.9 Å². The summed E-state index contributed by atoms with van der Waals surface area (Å²) in [5.41, 5.74) is 1.04. The molecule has 2 aromatic carbocycles. The van der Waals surface area contributed by atoms with Crippen LogP contribution in [0.3, 0.4) is 0 Å². The maximum atomic E-state index is 13.2. The zero-order valence-electron chi connectivity index (χ0n) is 16.4. The van der Waals surface area contributed by atoms with Crippen LogP contribution in [0.2, 0.25) is 5.02 Å². The highest BCUT2D eigenvalue weighted by Gasteiger charge is 2.23. The number of anilines is 1. The van der Waals surface area contributed by atoms with E-state index in [4.69, 9.17) is 16.3 Å². The molecule has 1 atom stereocenters. The van der Waals surface area contributed by atoms with E-state index in [9.17, 15) is 18.4 Å². The summed E-state index contributed by atoms with van der Waals surface area (Å²) in [6, 6.07) is 10.5. The van der Waals surface area contributed by atoms with Gasteiger partial charge in [-0.15, -0.1) is 0 Å². The maximum Gasteiger partial charge on any atom is 0.261 e. The third-order valence-electron chi connectivity index (χ3n) is 4.81. The Morgan fingerprint density at radius 3 is 2.37 bits per heavy atom. The van der Waals surface area contributed by atoms with Crippen molar-refractivity contribution in [2.75, 3.05) is 37.6 Å². The fraction of sp³-hybridized carbons (Fsp3) is 0.333. The van der Waals surface area contributed by atoms with Crippen LogP contribution in [0.15, 0.2) is 42.5 Å². The summed E-state index contributed by atoms with van der Waals surface area (Å²) in [7, 11) is 0. The molecule has 6 nitrogen and oxygen atoms in total. The number of nitrogens with zero attached hydrogens (tertiary/aromatic N) is 2. The first-order valence-corrected chi connectivity index (χ1v) is 9.89. The molecule has 0 bridgehead atoms. The summed E-state index contributed by atoms with van der Waals surface area (Å²) < 4.78 is 31.5. The minimum atomic E-state index is -1.06. The van der Waals surface area contributed by atoms with Crippen LogP contribution in [-0.2, 0) is 9.59 Å². The molecule has 0 saturated carbocycles. The van der Waals surface area contributed by atoms with Crippen molar-refractivity contribution < 1.29 is 23.1 Å². The van der Waals surface area contributed by atoms with Gasteiger partial charge in [-0.1, -0.05) is 11.6 Å². The fourth-order valence-corrected chi connectivity index (χ4v) is 3.22. The zero-order chi connectivity index (χ0) is 21.7. The van der Waals surface area contributed by atoms with Gasteiger partial charge in [0.05, 0.1) is 6.54 Å². The molecule has 1 saturated heterocycles. The highest BCUT2D eigenvalue weighted by molar-refractivity contribution is 6.30. The van der Waals surface area contributed by atoms with Crippen molar-refractivity contribution in [1.29, 1.82) is 0 Å². The molecule has 9 heteroatoms. The SMILES string of the molecule is CC(Oc1ccc(F)c(F)c1)C(=O)NCC(=O)N1CCN(c2ccc(Cl)cc2)CC1. The van der Waals surface area contributed by atoms with E-state index in [1.807, 2.05) is 24.3 Å². The van der Waals surface area contributed by atoms with Crippen LogP contribution in [0.1, 0.15) is 6.92 Å². The molecule has 1 heterocycles. The highest BCUT2D eigenvalue weighted by Crippen LogP contribution is 2.19. The Bertz CT molecular complexity index is 903. The molecule has 1 unspecified atom stereocenters. The van der Waals surface area contributed by atoms with Crippen molar-refractivity contribution in [3.63, 3.8) is 0 Å². The first-order chi connectivity index (χ1) is 14.3. The van der Waals surface area contributed by atoms with E-state index in [0.717, 1.165) is 17.8 Å². The second kappa shape index (κ2) is 9.75. The van der Waals surface area contributed by atoms with Crippen molar-refractivity contribution in [3.05, 3.63) is 59.1 Å². The van der Waals surface area contributed by atoms with Gasteiger partial charge in [-0.2, -0.15) is 0 Å². The number of carbonyl (C=O) groups is 2. The summed E-state index contributed by atoms with van der Waals surface area (Å²) in [6.45, 7) is 3.74.